The van der Waals surface area contributed by atoms with Crippen LogP contribution >= 0.6 is 0 Å². The molecule has 0 atom stereocenters. The molecule has 0 saturated heterocycles. The number of nitrogens with one attached hydrogen (secondary N) is 2. The lowest BCUT2D eigenvalue weighted by molar-refractivity contribution is -0.116. The van der Waals surface area contributed by atoms with Gasteiger partial charge >= 0.3 is 0 Å². The molecule has 0 saturated carbocycles. The van der Waals surface area contributed by atoms with Crippen molar-refractivity contribution in [2.75, 3.05) is 24.6 Å². The van der Waals surface area contributed by atoms with Crippen LogP contribution in [0.3, 0.4) is 0 Å². The molecule has 0 unspecified atom stereocenters. The molecule has 1 aromatic rings. The van der Waals surface area contributed by atoms with Gasteiger partial charge in [0, 0.05) is 20.0 Å². The van der Waals surface area contributed by atoms with E-state index in [2.05, 4.69) is 15.7 Å². The molecule has 1 amide bonds. The Bertz CT molecular complexity index is 320. The van der Waals surface area contributed by atoms with Crippen molar-refractivity contribution < 1.29 is 4.79 Å². The minimum Gasteiger partial charge on any atom is -0.382 e. The van der Waals surface area contributed by atoms with Crippen molar-refractivity contribution in [3.63, 3.8) is 0 Å². The fourth-order valence-electron chi connectivity index (χ4n) is 0.995. The largest absolute Gasteiger partial charge is 0.382 e. The predicted octanol–water partition coefficient (Wildman–Crippen LogP) is -0.450. The molecule has 0 bridgehead atoms. The van der Waals surface area contributed by atoms with Crippen LogP contribution in [-0.4, -0.2) is 29.3 Å². The summed E-state index contributed by atoms with van der Waals surface area (Å²) in [4.78, 5) is 11.3. The average Bonchev–Trinajstić information content (AvgIpc) is 2.46. The summed E-state index contributed by atoms with van der Waals surface area (Å²) in [6.07, 6.45) is 1.96. The summed E-state index contributed by atoms with van der Waals surface area (Å²) in [5, 5.41) is 9.48. The zero-order valence-corrected chi connectivity index (χ0v) is 8.37. The number of hydrogen-bond donors (Lipinski definition) is 3. The SMILES string of the molecule is CNCCC(=O)Nc1cnn(C)c1N. The second kappa shape index (κ2) is 4.61. The van der Waals surface area contributed by atoms with Gasteiger partial charge in [0.25, 0.3) is 0 Å². The van der Waals surface area contributed by atoms with Crippen LogP contribution in [0.1, 0.15) is 6.42 Å². The van der Waals surface area contributed by atoms with E-state index < -0.39 is 0 Å². The lowest BCUT2D eigenvalue weighted by Crippen LogP contribution is -2.19. The second-order valence-electron chi connectivity index (χ2n) is 2.97. The van der Waals surface area contributed by atoms with Crippen molar-refractivity contribution in [1.29, 1.82) is 0 Å². The molecule has 1 rings (SSSR count). The molecule has 1 heterocycles. The van der Waals surface area contributed by atoms with Gasteiger partial charge in [0.05, 0.1) is 6.20 Å². The van der Waals surface area contributed by atoms with Crippen LogP contribution in [0.2, 0.25) is 0 Å². The topological polar surface area (TPSA) is 85.0 Å². The lowest BCUT2D eigenvalue weighted by atomic mass is 10.4. The van der Waals surface area contributed by atoms with Crippen LogP contribution in [-0.2, 0) is 11.8 Å². The van der Waals surface area contributed by atoms with E-state index in [0.29, 0.717) is 24.5 Å². The van der Waals surface area contributed by atoms with Gasteiger partial charge in [-0.2, -0.15) is 5.10 Å². The van der Waals surface area contributed by atoms with Crippen molar-refractivity contribution in [3.8, 4) is 0 Å². The average molecular weight is 197 g/mol. The predicted molar refractivity (Wildman–Crippen MR) is 54.8 cm³/mol. The van der Waals surface area contributed by atoms with Crippen LogP contribution in [0.5, 0.6) is 0 Å². The van der Waals surface area contributed by atoms with E-state index in [0.717, 1.165) is 0 Å². The van der Waals surface area contributed by atoms with Gasteiger partial charge < -0.3 is 16.4 Å². The molecule has 78 valence electrons. The molecule has 6 nitrogen and oxygen atoms in total. The highest BCUT2D eigenvalue weighted by Crippen LogP contribution is 2.15. The summed E-state index contributed by atoms with van der Waals surface area (Å²) in [6, 6.07) is 0. The zero-order chi connectivity index (χ0) is 10.6. The summed E-state index contributed by atoms with van der Waals surface area (Å²) >= 11 is 0. The molecule has 1 aromatic heterocycles. The molecule has 0 aromatic carbocycles. The first kappa shape index (κ1) is 10.5. The highest BCUT2D eigenvalue weighted by atomic mass is 16.1. The summed E-state index contributed by atoms with van der Waals surface area (Å²) in [6.45, 7) is 0.645. The van der Waals surface area contributed by atoms with Crippen LogP contribution < -0.4 is 16.4 Å². The van der Waals surface area contributed by atoms with Crippen LogP contribution in [0.25, 0.3) is 0 Å². The number of hydrogen-bond acceptors (Lipinski definition) is 4. The molecule has 14 heavy (non-hydrogen) atoms. The minimum absolute atomic E-state index is 0.0703. The van der Waals surface area contributed by atoms with Gasteiger partial charge in [0.2, 0.25) is 5.91 Å². The number of rotatable bonds is 4. The van der Waals surface area contributed by atoms with Crippen molar-refractivity contribution in [3.05, 3.63) is 6.20 Å². The highest BCUT2D eigenvalue weighted by Gasteiger charge is 2.07. The maximum atomic E-state index is 11.3. The standard InChI is InChI=1S/C8H15N5O/c1-10-4-3-7(14)12-6-5-11-13(2)8(6)9/h5,10H,3-4,9H2,1-2H3,(H,12,14). The first-order valence-electron chi connectivity index (χ1n) is 4.37. The molecular formula is C8H15N5O. The van der Waals surface area contributed by atoms with E-state index in [9.17, 15) is 4.79 Å². The quantitative estimate of drug-likeness (QED) is 0.610. The summed E-state index contributed by atoms with van der Waals surface area (Å²) in [5.41, 5.74) is 6.21. The Hall–Kier alpha value is -1.56. The molecule has 0 spiro atoms. The van der Waals surface area contributed by atoms with Gasteiger partial charge in [0.1, 0.15) is 11.5 Å². The third-order valence-electron chi connectivity index (χ3n) is 1.86. The van der Waals surface area contributed by atoms with Crippen molar-refractivity contribution >= 4 is 17.4 Å². The van der Waals surface area contributed by atoms with E-state index in [1.54, 1.807) is 14.1 Å². The molecule has 0 radical (unpaired) electrons. The smallest absolute Gasteiger partial charge is 0.225 e. The maximum absolute atomic E-state index is 11.3. The third kappa shape index (κ3) is 2.46. The Kier molecular flexibility index (Phi) is 3.47. The lowest BCUT2D eigenvalue weighted by Gasteiger charge is -2.03. The zero-order valence-electron chi connectivity index (χ0n) is 8.37. The minimum atomic E-state index is -0.0703. The number of aromatic nitrogens is 2. The summed E-state index contributed by atoms with van der Waals surface area (Å²) in [7, 11) is 3.52. The number of carbonyl (C=O) groups excluding carboxylic acids is 1. The molecular weight excluding hydrogens is 182 g/mol. The van der Waals surface area contributed by atoms with Gasteiger partial charge in [-0.05, 0) is 7.05 Å². The monoisotopic (exact) mass is 197 g/mol. The van der Waals surface area contributed by atoms with E-state index in [1.165, 1.54) is 10.9 Å². The van der Waals surface area contributed by atoms with Gasteiger partial charge in [0.15, 0.2) is 0 Å². The fourth-order valence-corrected chi connectivity index (χ4v) is 0.995. The van der Waals surface area contributed by atoms with Gasteiger partial charge in [-0.15, -0.1) is 0 Å². The summed E-state index contributed by atoms with van der Waals surface area (Å²) < 4.78 is 1.51. The Balaban J connectivity index is 2.52. The van der Waals surface area contributed by atoms with Gasteiger partial charge in [-0.3, -0.25) is 9.48 Å². The van der Waals surface area contributed by atoms with Gasteiger partial charge in [-0.1, -0.05) is 0 Å². The van der Waals surface area contributed by atoms with Crippen LogP contribution in [0.15, 0.2) is 6.20 Å². The highest BCUT2D eigenvalue weighted by molar-refractivity contribution is 5.93. The van der Waals surface area contributed by atoms with Crippen molar-refractivity contribution in [2.45, 2.75) is 6.42 Å². The molecule has 0 fully saturated rings. The van der Waals surface area contributed by atoms with Crippen molar-refractivity contribution in [1.82, 2.24) is 15.1 Å². The Morgan fingerprint density at radius 3 is 2.93 bits per heavy atom. The Morgan fingerprint density at radius 1 is 1.71 bits per heavy atom. The van der Waals surface area contributed by atoms with Crippen LogP contribution in [0.4, 0.5) is 11.5 Å². The molecule has 0 aliphatic rings. The number of carbonyl (C=O) groups is 1. The van der Waals surface area contributed by atoms with E-state index in [1.807, 2.05) is 0 Å². The van der Waals surface area contributed by atoms with E-state index in [-0.39, 0.29) is 5.91 Å². The summed E-state index contributed by atoms with van der Waals surface area (Å²) in [5.74, 6) is 0.391. The molecule has 6 heteroatoms. The van der Waals surface area contributed by atoms with Crippen LogP contribution in [0, 0.1) is 0 Å². The molecule has 0 aliphatic heterocycles. The third-order valence-corrected chi connectivity index (χ3v) is 1.86. The number of nitrogen functional groups attached to an aromatic ring is 1. The van der Waals surface area contributed by atoms with E-state index >= 15 is 0 Å². The number of aryl methyl sites for hydroxylation is 1. The van der Waals surface area contributed by atoms with Gasteiger partial charge in [-0.25, -0.2) is 0 Å². The van der Waals surface area contributed by atoms with E-state index in [4.69, 9.17) is 5.73 Å². The number of amides is 1. The Morgan fingerprint density at radius 2 is 2.43 bits per heavy atom. The number of anilines is 2. The molecule has 0 aliphatic carbocycles. The first-order chi connectivity index (χ1) is 6.65. The Labute approximate surface area is 82.5 Å². The number of nitrogens with zero attached hydrogens (tertiary/aromatic N) is 2. The number of nitrogens with two attached hydrogens (primary N) is 1. The molecule has 4 N–H and O–H groups in total. The maximum Gasteiger partial charge on any atom is 0.225 e. The van der Waals surface area contributed by atoms with Crippen molar-refractivity contribution in [2.24, 2.45) is 7.05 Å². The normalized spacial score (nSPS) is 10.1. The first-order valence-corrected chi connectivity index (χ1v) is 4.37. The second-order valence-corrected chi connectivity index (χ2v) is 2.97. The fraction of sp³-hybridized carbons (Fsp3) is 0.500.